The van der Waals surface area contributed by atoms with Gasteiger partial charge < -0.3 is 9.67 Å². The van der Waals surface area contributed by atoms with E-state index in [4.69, 9.17) is 0 Å². The van der Waals surface area contributed by atoms with Crippen molar-refractivity contribution >= 4 is 15.9 Å². The van der Waals surface area contributed by atoms with Crippen LogP contribution in [0.15, 0.2) is 33.5 Å². The predicted octanol–water partition coefficient (Wildman–Crippen LogP) is 3.11. The molecule has 0 saturated heterocycles. The van der Waals surface area contributed by atoms with Crippen molar-refractivity contribution in [3.05, 3.63) is 50.7 Å². The van der Waals surface area contributed by atoms with Crippen LogP contribution in [0, 0.1) is 13.0 Å². The molecule has 0 atom stereocenters. The number of aryl methyl sites for hydroxylation is 1. The van der Waals surface area contributed by atoms with E-state index in [1.54, 1.807) is 28.8 Å². The molecule has 1 heterocycles. The Bertz CT molecular complexity index is 652. The zero-order valence-corrected chi connectivity index (χ0v) is 15.2. The molecule has 1 radical (unpaired) electrons. The van der Waals surface area contributed by atoms with Crippen LogP contribution in [0.4, 0.5) is 0 Å². The molecule has 19 heavy (non-hydrogen) atoms. The first-order valence-electron chi connectivity index (χ1n) is 5.65. The topological polar surface area (TPSA) is 42.2 Å². The predicted molar refractivity (Wildman–Crippen MR) is 74.7 cm³/mol. The maximum absolute atomic E-state index is 12.0. The second kappa shape index (κ2) is 6.82. The van der Waals surface area contributed by atoms with Crippen molar-refractivity contribution in [1.29, 1.82) is 0 Å². The minimum absolute atomic E-state index is 0. The van der Waals surface area contributed by atoms with Crippen molar-refractivity contribution in [2.24, 2.45) is 0 Å². The number of pyridine rings is 1. The quantitative estimate of drug-likeness (QED) is 0.794. The molecule has 97 valence electrons. The molecule has 1 N–H and O–H groups in total. The monoisotopic (exact) mass is 395 g/mol. The molecule has 2 aromatic rings. The van der Waals surface area contributed by atoms with Crippen LogP contribution in [-0.4, -0.2) is 9.67 Å². The Morgan fingerprint density at radius 2 is 2.11 bits per heavy atom. The second-order valence-corrected chi connectivity index (χ2v) is 4.89. The maximum Gasteiger partial charge on any atom is 0.208 e. The number of phenolic OH excluding ortho intramolecular Hbond substituents is 1. The fourth-order valence-electron chi connectivity index (χ4n) is 1.94. The average molecular weight is 396 g/mol. The van der Waals surface area contributed by atoms with Crippen LogP contribution in [0.2, 0.25) is 0 Å². The maximum atomic E-state index is 12.0. The first-order chi connectivity index (χ1) is 8.54. The summed E-state index contributed by atoms with van der Waals surface area (Å²) in [6.45, 7) is 4.39. The van der Waals surface area contributed by atoms with E-state index in [2.05, 4.69) is 22.0 Å². The summed E-state index contributed by atoms with van der Waals surface area (Å²) in [4.78, 5) is 12.0. The molecule has 1 aromatic carbocycles. The molecule has 0 aliphatic carbocycles. The first kappa shape index (κ1) is 16.6. The van der Waals surface area contributed by atoms with Crippen LogP contribution < -0.4 is 5.56 Å². The van der Waals surface area contributed by atoms with Gasteiger partial charge in [0.25, 0.3) is 0 Å². The Labute approximate surface area is 145 Å². The third-order valence-corrected chi connectivity index (χ3v) is 3.40. The Hall–Kier alpha value is -0.446. The Kier molecular flexibility index (Phi) is 5.96. The molecule has 0 aliphatic rings. The molecule has 1 aromatic heterocycles. The Morgan fingerprint density at radius 3 is 2.68 bits per heavy atom. The molecule has 5 heteroatoms. The summed E-state index contributed by atoms with van der Waals surface area (Å²) in [5, 5.41) is 9.42. The van der Waals surface area contributed by atoms with E-state index in [0.717, 1.165) is 16.8 Å². The van der Waals surface area contributed by atoms with Crippen LogP contribution in [0.5, 0.6) is 5.75 Å². The largest absolute Gasteiger partial charge is 0.508 e. The summed E-state index contributed by atoms with van der Waals surface area (Å²) in [5.74, 6) is 0.221. The van der Waals surface area contributed by atoms with Crippen molar-refractivity contribution in [2.45, 2.75) is 20.4 Å². The molecular weight excluding hydrogens is 383 g/mol. The van der Waals surface area contributed by atoms with Crippen LogP contribution >= 0.6 is 15.9 Å². The van der Waals surface area contributed by atoms with Gasteiger partial charge in [0, 0.05) is 39.3 Å². The summed E-state index contributed by atoms with van der Waals surface area (Å²) < 4.78 is 2.16. The van der Waals surface area contributed by atoms with Crippen molar-refractivity contribution in [3.8, 4) is 17.0 Å². The molecule has 0 spiro atoms. The minimum Gasteiger partial charge on any atom is -0.508 e. The van der Waals surface area contributed by atoms with Crippen molar-refractivity contribution in [2.75, 3.05) is 0 Å². The normalized spacial score (nSPS) is 10.1. The zero-order valence-electron chi connectivity index (χ0n) is 10.8. The average Bonchev–Trinajstić information content (AvgIpc) is 2.33. The van der Waals surface area contributed by atoms with E-state index in [-0.39, 0.29) is 44.0 Å². The van der Waals surface area contributed by atoms with Gasteiger partial charge in [0.15, 0.2) is 0 Å². The second-order valence-electron chi connectivity index (χ2n) is 4.03. The Balaban J connectivity index is 0.00000180. The summed E-state index contributed by atoms with van der Waals surface area (Å²) >= 11 is 3.22. The molecule has 0 amide bonds. The summed E-state index contributed by atoms with van der Waals surface area (Å²) in [7, 11) is 0. The number of hydrogen-bond donors (Lipinski definition) is 1. The van der Waals surface area contributed by atoms with Gasteiger partial charge in [-0.1, -0.05) is 23.7 Å². The number of rotatable bonds is 2. The third kappa shape index (κ3) is 3.36. The summed E-state index contributed by atoms with van der Waals surface area (Å²) in [6.07, 6.45) is 0. The van der Waals surface area contributed by atoms with E-state index in [1.165, 1.54) is 0 Å². The van der Waals surface area contributed by atoms with E-state index in [0.29, 0.717) is 11.0 Å². The number of aromatic nitrogens is 1. The van der Waals surface area contributed by atoms with Crippen molar-refractivity contribution < 1.29 is 37.8 Å². The molecule has 2 rings (SSSR count). The fraction of sp³-hybridized carbons (Fsp3) is 0.214. The van der Waals surface area contributed by atoms with Gasteiger partial charge in [-0.05, 0) is 23.5 Å². The van der Waals surface area contributed by atoms with E-state index >= 15 is 0 Å². The zero-order chi connectivity index (χ0) is 13.3. The number of phenols is 1. The molecular formula is C14H13BrNO2Y-. The van der Waals surface area contributed by atoms with Crippen molar-refractivity contribution in [3.63, 3.8) is 0 Å². The molecule has 0 bridgehead atoms. The van der Waals surface area contributed by atoms with Crippen LogP contribution in [0.25, 0.3) is 11.3 Å². The molecule has 0 fully saturated rings. The Morgan fingerprint density at radius 1 is 1.42 bits per heavy atom. The SMILES string of the molecule is CCn1c(-c2ccc(O)cc2C)[c-]cc(Br)c1=O.[Y]. The minimum atomic E-state index is -0.0706. The van der Waals surface area contributed by atoms with Gasteiger partial charge in [0.1, 0.15) is 5.75 Å². The number of halogens is 1. The van der Waals surface area contributed by atoms with Crippen LogP contribution in [0.1, 0.15) is 12.5 Å². The van der Waals surface area contributed by atoms with Crippen LogP contribution in [0.3, 0.4) is 0 Å². The molecule has 0 saturated carbocycles. The number of aromatic hydroxyl groups is 1. The van der Waals surface area contributed by atoms with Gasteiger partial charge >= 0.3 is 0 Å². The van der Waals surface area contributed by atoms with Gasteiger partial charge in [-0.3, -0.25) is 4.79 Å². The first-order valence-corrected chi connectivity index (χ1v) is 6.45. The fourth-order valence-corrected chi connectivity index (χ4v) is 2.27. The number of nitrogens with zero attached hydrogens (tertiary/aromatic N) is 1. The molecule has 3 nitrogen and oxygen atoms in total. The molecule has 0 unspecified atom stereocenters. The summed E-state index contributed by atoms with van der Waals surface area (Å²) in [6, 6.07) is 9.83. The standard InChI is InChI=1S/C14H13BrNO2.Y/c1-3-16-13(7-6-12(15)14(16)18)11-5-4-10(17)8-9(11)2;/h4-6,8,17H,3H2,1-2H3;/q-1;. The van der Waals surface area contributed by atoms with Gasteiger partial charge in [-0.25, -0.2) is 0 Å². The van der Waals surface area contributed by atoms with E-state index < -0.39 is 0 Å². The molecule has 0 aliphatic heterocycles. The number of benzene rings is 1. The van der Waals surface area contributed by atoms with Crippen LogP contribution in [-0.2, 0) is 39.3 Å². The van der Waals surface area contributed by atoms with E-state index in [9.17, 15) is 9.90 Å². The summed E-state index contributed by atoms with van der Waals surface area (Å²) in [5.41, 5.74) is 2.48. The smallest absolute Gasteiger partial charge is 0.208 e. The van der Waals surface area contributed by atoms with Gasteiger partial charge in [-0.2, -0.15) is 12.1 Å². The van der Waals surface area contributed by atoms with Crippen molar-refractivity contribution in [1.82, 2.24) is 4.57 Å². The van der Waals surface area contributed by atoms with Gasteiger partial charge in [-0.15, -0.1) is 22.0 Å². The van der Waals surface area contributed by atoms with Gasteiger partial charge in [0.05, 0.1) is 0 Å². The van der Waals surface area contributed by atoms with Gasteiger partial charge in [0.2, 0.25) is 5.56 Å². The van der Waals surface area contributed by atoms with E-state index in [1.807, 2.05) is 13.8 Å². The third-order valence-electron chi connectivity index (χ3n) is 2.84. The number of hydrogen-bond acceptors (Lipinski definition) is 2.